The van der Waals surface area contributed by atoms with E-state index in [9.17, 15) is 20.1 Å². The van der Waals surface area contributed by atoms with Crippen molar-refractivity contribution < 1.29 is 24.9 Å². The van der Waals surface area contributed by atoms with Crippen LogP contribution in [0.4, 0.5) is 0 Å². The van der Waals surface area contributed by atoms with Gasteiger partial charge in [-0.05, 0) is 19.1 Å². The minimum absolute atomic E-state index is 0.381. The Hall–Kier alpha value is -1.58. The number of carbonyl (C=O) groups excluding carboxylic acids is 1. The van der Waals surface area contributed by atoms with Crippen molar-refractivity contribution in [1.82, 2.24) is 15.8 Å². The number of aliphatic hydroxyl groups excluding tert-OH is 3. The van der Waals surface area contributed by atoms with Gasteiger partial charge in [0.05, 0.1) is 6.10 Å². The van der Waals surface area contributed by atoms with E-state index in [0.717, 1.165) is 0 Å². The molecule has 0 aromatic carbocycles. The Balaban J connectivity index is 1.92. The molecule has 8 nitrogen and oxygen atoms in total. The molecule has 5 N–H and O–H groups in total. The van der Waals surface area contributed by atoms with Crippen LogP contribution in [0.25, 0.3) is 0 Å². The highest BCUT2D eigenvalue weighted by molar-refractivity contribution is 5.93. The fourth-order valence-electron chi connectivity index (χ4n) is 1.88. The lowest BCUT2D eigenvalue weighted by molar-refractivity contribution is -0.226. The van der Waals surface area contributed by atoms with Gasteiger partial charge >= 0.3 is 0 Å². The highest BCUT2D eigenvalue weighted by Crippen LogP contribution is 2.18. The van der Waals surface area contributed by atoms with Crippen molar-refractivity contribution in [3.05, 3.63) is 30.1 Å². The molecule has 0 bridgehead atoms. The van der Waals surface area contributed by atoms with Gasteiger partial charge in [-0.25, -0.2) is 5.43 Å². The monoisotopic (exact) mass is 283 g/mol. The minimum atomic E-state index is -1.36. The number of hydrogen-bond donors (Lipinski definition) is 5. The zero-order valence-corrected chi connectivity index (χ0v) is 10.8. The van der Waals surface area contributed by atoms with E-state index in [4.69, 9.17) is 4.74 Å². The van der Waals surface area contributed by atoms with E-state index in [2.05, 4.69) is 15.8 Å². The summed E-state index contributed by atoms with van der Waals surface area (Å²) in [6, 6.07) is 3.05. The molecule has 2 heterocycles. The van der Waals surface area contributed by atoms with Gasteiger partial charge in [-0.2, -0.15) is 0 Å². The third-order valence-corrected chi connectivity index (χ3v) is 3.12. The first-order chi connectivity index (χ1) is 9.50. The van der Waals surface area contributed by atoms with Gasteiger partial charge < -0.3 is 20.1 Å². The fraction of sp³-hybridized carbons (Fsp3) is 0.500. The smallest absolute Gasteiger partial charge is 0.265 e. The molecule has 1 aliphatic heterocycles. The van der Waals surface area contributed by atoms with Gasteiger partial charge in [0, 0.05) is 18.0 Å². The molecule has 110 valence electrons. The molecule has 20 heavy (non-hydrogen) atoms. The van der Waals surface area contributed by atoms with Crippen molar-refractivity contribution in [2.45, 2.75) is 37.6 Å². The van der Waals surface area contributed by atoms with E-state index in [-0.39, 0.29) is 0 Å². The molecule has 2 rings (SSSR count). The topological polar surface area (TPSA) is 124 Å². The lowest BCUT2D eigenvalue weighted by Crippen LogP contribution is -2.63. The van der Waals surface area contributed by atoms with Gasteiger partial charge in [0.25, 0.3) is 5.91 Å². The van der Waals surface area contributed by atoms with Crippen LogP contribution in [-0.4, -0.2) is 56.9 Å². The van der Waals surface area contributed by atoms with Gasteiger partial charge in [0.2, 0.25) is 0 Å². The lowest BCUT2D eigenvalue weighted by atomic mass is 9.99. The molecule has 0 spiro atoms. The maximum Gasteiger partial charge on any atom is 0.265 e. The van der Waals surface area contributed by atoms with Crippen molar-refractivity contribution in [3.8, 4) is 0 Å². The second-order valence-corrected chi connectivity index (χ2v) is 4.57. The van der Waals surface area contributed by atoms with Gasteiger partial charge in [0.1, 0.15) is 18.3 Å². The number of aromatic nitrogens is 1. The number of pyridine rings is 1. The van der Waals surface area contributed by atoms with E-state index in [0.29, 0.717) is 5.56 Å². The molecule has 1 amide bonds. The van der Waals surface area contributed by atoms with Gasteiger partial charge in [-0.1, -0.05) is 0 Å². The maximum absolute atomic E-state index is 11.8. The third kappa shape index (κ3) is 3.11. The summed E-state index contributed by atoms with van der Waals surface area (Å²) in [5, 5.41) is 28.9. The number of amides is 1. The quantitative estimate of drug-likeness (QED) is 0.412. The first kappa shape index (κ1) is 14.8. The van der Waals surface area contributed by atoms with Crippen LogP contribution >= 0.6 is 0 Å². The van der Waals surface area contributed by atoms with Crippen molar-refractivity contribution in [2.24, 2.45) is 0 Å². The molecule has 5 atom stereocenters. The van der Waals surface area contributed by atoms with Crippen molar-refractivity contribution >= 4 is 5.91 Å². The zero-order valence-electron chi connectivity index (χ0n) is 10.8. The number of ether oxygens (including phenoxy) is 1. The summed E-state index contributed by atoms with van der Waals surface area (Å²) in [7, 11) is 0. The molecule has 0 unspecified atom stereocenters. The molecular formula is C12H17N3O5. The first-order valence-electron chi connectivity index (χ1n) is 6.16. The number of aliphatic hydroxyl groups is 3. The van der Waals surface area contributed by atoms with E-state index in [1.54, 1.807) is 6.92 Å². The van der Waals surface area contributed by atoms with E-state index >= 15 is 0 Å². The van der Waals surface area contributed by atoms with Gasteiger partial charge in [0.15, 0.2) is 6.23 Å². The van der Waals surface area contributed by atoms with Crippen LogP contribution in [0.5, 0.6) is 0 Å². The largest absolute Gasteiger partial charge is 0.388 e. The van der Waals surface area contributed by atoms with Crippen molar-refractivity contribution in [3.63, 3.8) is 0 Å². The first-order valence-corrected chi connectivity index (χ1v) is 6.16. The Kier molecular flexibility index (Phi) is 4.63. The summed E-state index contributed by atoms with van der Waals surface area (Å²) in [6.45, 7) is 1.55. The number of nitrogens with one attached hydrogen (secondary N) is 2. The summed E-state index contributed by atoms with van der Waals surface area (Å²) >= 11 is 0. The molecule has 1 aromatic heterocycles. The fourth-order valence-corrected chi connectivity index (χ4v) is 1.88. The summed E-state index contributed by atoms with van der Waals surface area (Å²) in [5.41, 5.74) is 5.23. The van der Waals surface area contributed by atoms with E-state index in [1.807, 2.05) is 0 Å². The number of hydrogen-bond acceptors (Lipinski definition) is 7. The second kappa shape index (κ2) is 6.25. The van der Waals surface area contributed by atoms with Crippen molar-refractivity contribution in [1.29, 1.82) is 0 Å². The van der Waals surface area contributed by atoms with Crippen LogP contribution in [0.2, 0.25) is 0 Å². The number of hydrazine groups is 1. The Morgan fingerprint density at radius 3 is 2.50 bits per heavy atom. The SMILES string of the molecule is C[C@@H]1O[C@@H](NNC(=O)c2ccncc2)[C@@H](O)[C@@H](O)[C@@H]1O. The molecule has 0 radical (unpaired) electrons. The van der Waals surface area contributed by atoms with Gasteiger partial charge in [-0.3, -0.25) is 15.2 Å². The highest BCUT2D eigenvalue weighted by atomic mass is 16.5. The molecule has 1 aromatic rings. The lowest BCUT2D eigenvalue weighted by Gasteiger charge is -2.39. The molecular weight excluding hydrogens is 266 g/mol. The van der Waals surface area contributed by atoms with Crippen molar-refractivity contribution in [2.75, 3.05) is 0 Å². The molecule has 0 saturated carbocycles. The Labute approximate surface area is 115 Å². The Morgan fingerprint density at radius 2 is 1.85 bits per heavy atom. The van der Waals surface area contributed by atoms with Crippen LogP contribution in [0.1, 0.15) is 17.3 Å². The minimum Gasteiger partial charge on any atom is -0.388 e. The predicted octanol–water partition coefficient (Wildman–Crippen LogP) is -1.86. The number of nitrogens with zero attached hydrogens (tertiary/aromatic N) is 1. The van der Waals surface area contributed by atoms with Crippen LogP contribution in [-0.2, 0) is 4.74 Å². The highest BCUT2D eigenvalue weighted by Gasteiger charge is 2.41. The standard InChI is InChI=1S/C12H17N3O5/c1-6-8(16)9(17)10(18)12(20-6)15-14-11(19)7-2-4-13-5-3-7/h2-6,8-10,12,15-18H,1H3,(H,14,19)/t6-,8+,9-,10-,12+/m0/s1. The summed E-state index contributed by atoms with van der Waals surface area (Å²) in [6.07, 6.45) is -2.64. The predicted molar refractivity (Wildman–Crippen MR) is 67.2 cm³/mol. The molecule has 1 fully saturated rings. The molecule has 1 saturated heterocycles. The van der Waals surface area contributed by atoms with Gasteiger partial charge in [-0.15, -0.1) is 0 Å². The van der Waals surface area contributed by atoms with Crippen LogP contribution in [0, 0.1) is 0 Å². The molecule has 0 aliphatic carbocycles. The van der Waals surface area contributed by atoms with Crippen LogP contribution < -0.4 is 10.9 Å². The van der Waals surface area contributed by atoms with E-state index < -0.39 is 36.6 Å². The average Bonchev–Trinajstić information content (AvgIpc) is 2.48. The third-order valence-electron chi connectivity index (χ3n) is 3.12. The number of carbonyl (C=O) groups is 1. The Morgan fingerprint density at radius 1 is 1.20 bits per heavy atom. The Bertz CT molecular complexity index is 458. The average molecular weight is 283 g/mol. The summed E-state index contributed by atoms with van der Waals surface area (Å²) in [4.78, 5) is 15.6. The molecule has 1 aliphatic rings. The normalized spacial score (nSPS) is 33.7. The van der Waals surface area contributed by atoms with E-state index in [1.165, 1.54) is 24.5 Å². The summed E-state index contributed by atoms with van der Waals surface area (Å²) in [5.74, 6) is -0.434. The van der Waals surface area contributed by atoms with Crippen LogP contribution in [0.3, 0.4) is 0 Å². The van der Waals surface area contributed by atoms with Crippen LogP contribution in [0.15, 0.2) is 24.5 Å². The summed E-state index contributed by atoms with van der Waals surface area (Å²) < 4.78 is 5.27. The second-order valence-electron chi connectivity index (χ2n) is 4.57. The zero-order chi connectivity index (χ0) is 14.7. The maximum atomic E-state index is 11.8. The molecule has 8 heteroatoms. The number of rotatable bonds is 3.